The first kappa shape index (κ1) is 19.9. The van der Waals surface area contributed by atoms with Crippen molar-refractivity contribution < 1.29 is 29.0 Å². The van der Waals surface area contributed by atoms with E-state index in [2.05, 4.69) is 17.2 Å². The van der Waals surface area contributed by atoms with E-state index < -0.39 is 12.1 Å². The Labute approximate surface area is 129 Å². The van der Waals surface area contributed by atoms with Gasteiger partial charge >= 0.3 is 12.1 Å². The number of carbonyl (C=O) groups is 3. The van der Waals surface area contributed by atoms with E-state index in [1.165, 1.54) is 6.08 Å². The van der Waals surface area contributed by atoms with Gasteiger partial charge in [0.1, 0.15) is 13.3 Å². The topological polar surface area (TPSA) is 114 Å². The molecule has 126 valence electrons. The van der Waals surface area contributed by atoms with E-state index in [4.69, 9.17) is 14.6 Å². The van der Waals surface area contributed by atoms with Crippen LogP contribution in [0.4, 0.5) is 4.79 Å². The summed E-state index contributed by atoms with van der Waals surface area (Å²) in [7, 11) is 0. The number of hydrogen-bond acceptors (Lipinski definition) is 5. The van der Waals surface area contributed by atoms with Gasteiger partial charge in [0, 0.05) is 13.0 Å². The van der Waals surface area contributed by atoms with Gasteiger partial charge in [-0.25, -0.2) is 4.79 Å². The van der Waals surface area contributed by atoms with Crippen LogP contribution in [-0.2, 0) is 19.1 Å². The minimum atomic E-state index is -0.937. The summed E-state index contributed by atoms with van der Waals surface area (Å²) in [6.07, 6.45) is 3.55. The number of hydrogen-bond donors (Lipinski definition) is 3. The standard InChI is InChI=1S/C14H24N2O6/c1-2-9-22-14(20)15-8-5-3-4-6-12(17)16-11-21-10-7-13(18)19/h2H,1,3-11H2,(H,15,20)(H,16,17)(H,18,19). The first-order valence-corrected chi connectivity index (χ1v) is 7.14. The van der Waals surface area contributed by atoms with Gasteiger partial charge in [0.25, 0.3) is 0 Å². The zero-order chi connectivity index (χ0) is 16.6. The Morgan fingerprint density at radius 2 is 1.86 bits per heavy atom. The summed E-state index contributed by atoms with van der Waals surface area (Å²) in [6, 6.07) is 0. The van der Waals surface area contributed by atoms with E-state index in [-0.39, 0.29) is 32.3 Å². The normalized spacial score (nSPS) is 9.82. The average Bonchev–Trinajstić information content (AvgIpc) is 2.47. The number of unbranched alkanes of at least 4 members (excludes halogenated alkanes) is 2. The molecule has 0 spiro atoms. The monoisotopic (exact) mass is 316 g/mol. The molecular weight excluding hydrogens is 292 g/mol. The molecular formula is C14H24N2O6. The van der Waals surface area contributed by atoms with E-state index in [1.54, 1.807) is 0 Å². The lowest BCUT2D eigenvalue weighted by atomic mass is 10.2. The Kier molecular flexibility index (Phi) is 12.6. The van der Waals surface area contributed by atoms with Crippen molar-refractivity contribution >= 4 is 18.0 Å². The third kappa shape index (κ3) is 14.3. The molecule has 0 unspecified atom stereocenters. The van der Waals surface area contributed by atoms with Crippen LogP contribution in [0.5, 0.6) is 0 Å². The van der Waals surface area contributed by atoms with Gasteiger partial charge in [-0.3, -0.25) is 9.59 Å². The van der Waals surface area contributed by atoms with E-state index in [1.807, 2.05) is 0 Å². The first-order chi connectivity index (χ1) is 10.6. The van der Waals surface area contributed by atoms with Crippen molar-refractivity contribution in [2.75, 3.05) is 26.5 Å². The second-order valence-electron chi connectivity index (χ2n) is 4.42. The predicted octanol–water partition coefficient (Wildman–Crippen LogP) is 1.02. The Morgan fingerprint density at radius 1 is 1.09 bits per heavy atom. The lowest BCUT2D eigenvalue weighted by Gasteiger charge is -2.06. The molecule has 0 saturated carbocycles. The first-order valence-electron chi connectivity index (χ1n) is 7.14. The summed E-state index contributed by atoms with van der Waals surface area (Å²) in [5.74, 6) is -1.08. The van der Waals surface area contributed by atoms with Gasteiger partial charge in [0.15, 0.2) is 0 Å². The number of carbonyl (C=O) groups excluding carboxylic acids is 2. The minimum Gasteiger partial charge on any atom is -0.481 e. The molecule has 0 aromatic heterocycles. The van der Waals surface area contributed by atoms with Gasteiger partial charge in [-0.05, 0) is 12.8 Å². The van der Waals surface area contributed by atoms with Crippen LogP contribution in [-0.4, -0.2) is 49.6 Å². The molecule has 2 amide bonds. The van der Waals surface area contributed by atoms with E-state index in [0.717, 1.165) is 12.8 Å². The molecule has 0 aromatic carbocycles. The number of alkyl carbamates (subject to hydrolysis) is 1. The van der Waals surface area contributed by atoms with Crippen molar-refractivity contribution in [1.29, 1.82) is 0 Å². The Hall–Kier alpha value is -2.09. The van der Waals surface area contributed by atoms with Gasteiger partial charge in [0.2, 0.25) is 5.91 Å². The van der Waals surface area contributed by atoms with Crippen LogP contribution >= 0.6 is 0 Å². The fraction of sp³-hybridized carbons (Fsp3) is 0.643. The quantitative estimate of drug-likeness (QED) is 0.265. The summed E-state index contributed by atoms with van der Waals surface area (Å²) in [4.78, 5) is 32.7. The van der Waals surface area contributed by atoms with Crippen molar-refractivity contribution in [3.63, 3.8) is 0 Å². The second-order valence-corrected chi connectivity index (χ2v) is 4.42. The highest BCUT2D eigenvalue weighted by Crippen LogP contribution is 1.99. The highest BCUT2D eigenvalue weighted by molar-refractivity contribution is 5.75. The SMILES string of the molecule is C=CCOC(=O)NCCCCCC(=O)NCOCCC(=O)O. The van der Waals surface area contributed by atoms with Gasteiger partial charge in [0.05, 0.1) is 13.0 Å². The molecule has 3 N–H and O–H groups in total. The van der Waals surface area contributed by atoms with E-state index in [0.29, 0.717) is 19.4 Å². The van der Waals surface area contributed by atoms with Gasteiger partial charge < -0.3 is 25.2 Å². The summed E-state index contributed by atoms with van der Waals surface area (Å²) < 4.78 is 9.67. The van der Waals surface area contributed by atoms with Gasteiger partial charge in [-0.1, -0.05) is 19.1 Å². The second kappa shape index (κ2) is 13.9. The Balaban J connectivity index is 3.33. The van der Waals surface area contributed by atoms with Crippen LogP contribution in [0.1, 0.15) is 32.1 Å². The fourth-order valence-corrected chi connectivity index (χ4v) is 1.41. The molecule has 0 aromatic rings. The highest BCUT2D eigenvalue weighted by atomic mass is 16.5. The molecule has 0 bridgehead atoms. The zero-order valence-corrected chi connectivity index (χ0v) is 12.6. The van der Waals surface area contributed by atoms with Gasteiger partial charge in [-0.2, -0.15) is 0 Å². The molecule has 0 fully saturated rings. The lowest BCUT2D eigenvalue weighted by Crippen LogP contribution is -2.26. The molecule has 0 aliphatic rings. The average molecular weight is 316 g/mol. The molecule has 0 aliphatic heterocycles. The number of aliphatic carboxylic acids is 1. The maximum atomic E-state index is 11.4. The molecule has 0 rings (SSSR count). The van der Waals surface area contributed by atoms with Crippen LogP contribution in [0.15, 0.2) is 12.7 Å². The molecule has 0 aliphatic carbocycles. The molecule has 0 atom stereocenters. The lowest BCUT2D eigenvalue weighted by molar-refractivity contribution is -0.138. The Bertz CT molecular complexity index is 359. The third-order valence-corrected chi connectivity index (χ3v) is 2.51. The summed E-state index contributed by atoms with van der Waals surface area (Å²) >= 11 is 0. The minimum absolute atomic E-state index is 0.0167. The van der Waals surface area contributed by atoms with Crippen LogP contribution in [0.2, 0.25) is 0 Å². The molecule has 0 radical (unpaired) electrons. The van der Waals surface area contributed by atoms with Crippen LogP contribution in [0, 0.1) is 0 Å². The summed E-state index contributed by atoms with van der Waals surface area (Å²) in [5, 5.41) is 13.5. The largest absolute Gasteiger partial charge is 0.481 e. The number of carboxylic acid groups (broad SMARTS) is 1. The van der Waals surface area contributed by atoms with Crippen molar-refractivity contribution in [3.05, 3.63) is 12.7 Å². The maximum absolute atomic E-state index is 11.4. The number of rotatable bonds is 13. The van der Waals surface area contributed by atoms with Crippen LogP contribution < -0.4 is 10.6 Å². The fourth-order valence-electron chi connectivity index (χ4n) is 1.41. The van der Waals surface area contributed by atoms with Crippen LogP contribution in [0.3, 0.4) is 0 Å². The number of amides is 2. The number of nitrogens with one attached hydrogen (secondary N) is 2. The molecule has 0 saturated heterocycles. The maximum Gasteiger partial charge on any atom is 0.407 e. The molecule has 8 nitrogen and oxygen atoms in total. The molecule has 22 heavy (non-hydrogen) atoms. The Morgan fingerprint density at radius 3 is 2.55 bits per heavy atom. The van der Waals surface area contributed by atoms with Crippen molar-refractivity contribution in [2.24, 2.45) is 0 Å². The summed E-state index contributed by atoms with van der Waals surface area (Å²) in [6.45, 7) is 4.20. The van der Waals surface area contributed by atoms with Gasteiger partial charge in [-0.15, -0.1) is 0 Å². The van der Waals surface area contributed by atoms with Crippen molar-refractivity contribution in [3.8, 4) is 0 Å². The molecule has 8 heteroatoms. The number of carboxylic acids is 1. The van der Waals surface area contributed by atoms with Crippen molar-refractivity contribution in [2.45, 2.75) is 32.1 Å². The highest BCUT2D eigenvalue weighted by Gasteiger charge is 2.02. The summed E-state index contributed by atoms with van der Waals surface area (Å²) in [5.41, 5.74) is 0. The molecule has 0 heterocycles. The van der Waals surface area contributed by atoms with E-state index >= 15 is 0 Å². The zero-order valence-electron chi connectivity index (χ0n) is 12.6. The van der Waals surface area contributed by atoms with E-state index in [9.17, 15) is 14.4 Å². The smallest absolute Gasteiger partial charge is 0.407 e. The van der Waals surface area contributed by atoms with Crippen molar-refractivity contribution in [1.82, 2.24) is 10.6 Å². The third-order valence-electron chi connectivity index (χ3n) is 2.51. The van der Waals surface area contributed by atoms with Crippen LogP contribution in [0.25, 0.3) is 0 Å². The predicted molar refractivity (Wildman–Crippen MR) is 79.2 cm³/mol. The number of ether oxygens (including phenoxy) is 2.